The summed E-state index contributed by atoms with van der Waals surface area (Å²) in [4.78, 5) is 4.28. The number of nitrogens with one attached hydrogen (secondary N) is 1. The minimum Gasteiger partial charge on any atom is -0.489 e. The molecule has 1 aromatic heterocycles. The molecule has 0 spiro atoms. The number of nitriles is 1. The number of pyridine rings is 1. The van der Waals surface area contributed by atoms with Crippen LogP contribution in [0.5, 0.6) is 5.75 Å². The second-order valence-corrected chi connectivity index (χ2v) is 5.78. The third-order valence-corrected chi connectivity index (χ3v) is 3.24. The Balaban J connectivity index is 2.06. The normalized spacial score (nSPS) is 21.2. The Morgan fingerprint density at radius 2 is 2.30 bits per heavy atom. The van der Waals surface area contributed by atoms with Gasteiger partial charge >= 0.3 is 0 Å². The molecule has 0 amide bonds. The number of morpholine rings is 1. The minimum absolute atomic E-state index is 0.0147. The van der Waals surface area contributed by atoms with Gasteiger partial charge in [0.2, 0.25) is 0 Å². The molecule has 0 aromatic carbocycles. The van der Waals surface area contributed by atoms with Crippen molar-refractivity contribution in [2.45, 2.75) is 39.4 Å². The first-order valence-corrected chi connectivity index (χ1v) is 6.81. The minimum atomic E-state index is -0.186. The Labute approximate surface area is 119 Å². The van der Waals surface area contributed by atoms with Crippen molar-refractivity contribution < 1.29 is 9.47 Å². The maximum atomic E-state index is 9.20. The van der Waals surface area contributed by atoms with Gasteiger partial charge in [-0.3, -0.25) is 4.98 Å². The number of nitrogens with zero attached hydrogens (tertiary/aromatic N) is 2. The molecule has 1 aliphatic heterocycles. The maximum absolute atomic E-state index is 9.20. The molecule has 108 valence electrons. The van der Waals surface area contributed by atoms with Crippen LogP contribution in [0.15, 0.2) is 6.07 Å². The molecule has 1 fully saturated rings. The highest BCUT2D eigenvalue weighted by Crippen LogP contribution is 2.22. The second-order valence-electron chi connectivity index (χ2n) is 5.78. The van der Waals surface area contributed by atoms with Gasteiger partial charge in [-0.25, -0.2) is 0 Å². The van der Waals surface area contributed by atoms with Crippen LogP contribution in [0, 0.1) is 25.2 Å². The molecule has 2 rings (SSSR count). The summed E-state index contributed by atoms with van der Waals surface area (Å²) in [5, 5.41) is 12.5. The standard InChI is InChI=1S/C15H21N3O2/c1-10-5-14(13(6-16)11(2)18-10)19-8-12-7-17-9-15(3,4)20-12/h5,12,17H,7-9H2,1-4H3. The summed E-state index contributed by atoms with van der Waals surface area (Å²) >= 11 is 0. The van der Waals surface area contributed by atoms with E-state index in [1.807, 2.05) is 27.7 Å². The number of ether oxygens (including phenoxy) is 2. The van der Waals surface area contributed by atoms with Gasteiger partial charge in [-0.05, 0) is 27.7 Å². The van der Waals surface area contributed by atoms with Crippen molar-refractivity contribution in [1.29, 1.82) is 5.26 Å². The van der Waals surface area contributed by atoms with Crippen LogP contribution in [0.3, 0.4) is 0 Å². The fourth-order valence-corrected chi connectivity index (χ4v) is 2.39. The van der Waals surface area contributed by atoms with Crippen LogP contribution in [0.25, 0.3) is 0 Å². The molecule has 1 aromatic rings. The van der Waals surface area contributed by atoms with Crippen molar-refractivity contribution in [1.82, 2.24) is 10.3 Å². The van der Waals surface area contributed by atoms with E-state index in [-0.39, 0.29) is 11.7 Å². The molecular formula is C15H21N3O2. The summed E-state index contributed by atoms with van der Waals surface area (Å²) in [5.74, 6) is 0.587. The quantitative estimate of drug-likeness (QED) is 0.909. The first-order valence-electron chi connectivity index (χ1n) is 6.81. The summed E-state index contributed by atoms with van der Waals surface area (Å²) in [6.07, 6.45) is -0.0147. The lowest BCUT2D eigenvalue weighted by atomic mass is 10.1. The molecule has 1 saturated heterocycles. The first-order chi connectivity index (χ1) is 9.41. The van der Waals surface area contributed by atoms with E-state index in [0.717, 1.165) is 18.8 Å². The van der Waals surface area contributed by atoms with Crippen LogP contribution < -0.4 is 10.1 Å². The molecule has 1 N–H and O–H groups in total. The lowest BCUT2D eigenvalue weighted by Crippen LogP contribution is -2.52. The van der Waals surface area contributed by atoms with E-state index in [9.17, 15) is 5.26 Å². The SMILES string of the molecule is Cc1cc(OCC2CNCC(C)(C)O2)c(C#N)c(C)n1. The van der Waals surface area contributed by atoms with Crippen molar-refractivity contribution in [2.24, 2.45) is 0 Å². The molecule has 2 heterocycles. The average molecular weight is 275 g/mol. The number of aromatic nitrogens is 1. The Bertz CT molecular complexity index is 535. The fraction of sp³-hybridized carbons (Fsp3) is 0.600. The predicted octanol–water partition coefficient (Wildman–Crippen LogP) is 1.72. The van der Waals surface area contributed by atoms with Crippen LogP contribution in [-0.2, 0) is 4.74 Å². The van der Waals surface area contributed by atoms with E-state index in [4.69, 9.17) is 9.47 Å². The topological polar surface area (TPSA) is 67.2 Å². The fourth-order valence-electron chi connectivity index (χ4n) is 2.39. The van der Waals surface area contributed by atoms with Crippen molar-refractivity contribution >= 4 is 0 Å². The van der Waals surface area contributed by atoms with Crippen LogP contribution in [0.1, 0.15) is 30.8 Å². The molecule has 1 atom stereocenters. The van der Waals surface area contributed by atoms with E-state index in [2.05, 4.69) is 16.4 Å². The molecule has 5 heteroatoms. The lowest BCUT2D eigenvalue weighted by molar-refractivity contribution is -0.107. The van der Waals surface area contributed by atoms with Crippen molar-refractivity contribution in [3.8, 4) is 11.8 Å². The average Bonchev–Trinajstić information content (AvgIpc) is 2.34. The van der Waals surface area contributed by atoms with Gasteiger partial charge < -0.3 is 14.8 Å². The summed E-state index contributed by atoms with van der Waals surface area (Å²) in [7, 11) is 0. The van der Waals surface area contributed by atoms with Gasteiger partial charge in [0.1, 0.15) is 30.1 Å². The summed E-state index contributed by atoms with van der Waals surface area (Å²) in [5.41, 5.74) is 1.86. The summed E-state index contributed by atoms with van der Waals surface area (Å²) < 4.78 is 11.7. The van der Waals surface area contributed by atoms with E-state index in [1.54, 1.807) is 6.07 Å². The zero-order valence-corrected chi connectivity index (χ0v) is 12.5. The van der Waals surface area contributed by atoms with Crippen LogP contribution in [0.2, 0.25) is 0 Å². The Hall–Kier alpha value is -1.64. The third kappa shape index (κ3) is 3.47. The smallest absolute Gasteiger partial charge is 0.140 e. The first kappa shape index (κ1) is 14.8. The highest BCUT2D eigenvalue weighted by atomic mass is 16.5. The van der Waals surface area contributed by atoms with Gasteiger partial charge in [0.05, 0.1) is 11.3 Å². The number of aryl methyl sites for hydroxylation is 2. The Kier molecular flexibility index (Phi) is 4.26. The largest absolute Gasteiger partial charge is 0.489 e. The Morgan fingerprint density at radius 3 is 2.95 bits per heavy atom. The van der Waals surface area contributed by atoms with Crippen molar-refractivity contribution in [2.75, 3.05) is 19.7 Å². The number of hydrogen-bond donors (Lipinski definition) is 1. The van der Waals surface area contributed by atoms with Crippen LogP contribution in [-0.4, -0.2) is 36.4 Å². The van der Waals surface area contributed by atoms with Crippen LogP contribution >= 0.6 is 0 Å². The number of rotatable bonds is 3. The Morgan fingerprint density at radius 1 is 1.55 bits per heavy atom. The van der Waals surface area contributed by atoms with Gasteiger partial charge in [0.25, 0.3) is 0 Å². The highest BCUT2D eigenvalue weighted by Gasteiger charge is 2.28. The molecular weight excluding hydrogens is 254 g/mol. The predicted molar refractivity (Wildman–Crippen MR) is 75.7 cm³/mol. The zero-order chi connectivity index (χ0) is 14.8. The van der Waals surface area contributed by atoms with Crippen LogP contribution in [0.4, 0.5) is 0 Å². The molecule has 0 radical (unpaired) electrons. The molecule has 1 unspecified atom stereocenters. The second kappa shape index (κ2) is 5.78. The molecule has 1 aliphatic rings. The monoisotopic (exact) mass is 275 g/mol. The maximum Gasteiger partial charge on any atom is 0.140 e. The molecule has 0 bridgehead atoms. The summed E-state index contributed by atoms with van der Waals surface area (Å²) in [6, 6.07) is 3.95. The van der Waals surface area contributed by atoms with Gasteiger partial charge in [-0.15, -0.1) is 0 Å². The molecule has 0 saturated carbocycles. The lowest BCUT2D eigenvalue weighted by Gasteiger charge is -2.36. The van der Waals surface area contributed by atoms with Gasteiger partial charge in [0.15, 0.2) is 0 Å². The van der Waals surface area contributed by atoms with Crippen molar-refractivity contribution in [3.05, 3.63) is 23.0 Å². The van der Waals surface area contributed by atoms with E-state index in [1.165, 1.54) is 0 Å². The van der Waals surface area contributed by atoms with Gasteiger partial charge in [0, 0.05) is 24.8 Å². The van der Waals surface area contributed by atoms with Crippen molar-refractivity contribution in [3.63, 3.8) is 0 Å². The van der Waals surface area contributed by atoms with E-state index in [0.29, 0.717) is 23.6 Å². The molecule has 5 nitrogen and oxygen atoms in total. The number of hydrogen-bond acceptors (Lipinski definition) is 5. The molecule has 20 heavy (non-hydrogen) atoms. The highest BCUT2D eigenvalue weighted by molar-refractivity contribution is 5.46. The van der Waals surface area contributed by atoms with Gasteiger partial charge in [-0.2, -0.15) is 5.26 Å². The van der Waals surface area contributed by atoms with E-state index < -0.39 is 0 Å². The zero-order valence-electron chi connectivity index (χ0n) is 12.5. The molecule has 0 aliphatic carbocycles. The van der Waals surface area contributed by atoms with E-state index >= 15 is 0 Å². The summed E-state index contributed by atoms with van der Waals surface area (Å²) in [6.45, 7) is 9.83. The third-order valence-electron chi connectivity index (χ3n) is 3.24. The van der Waals surface area contributed by atoms with Gasteiger partial charge in [-0.1, -0.05) is 0 Å².